The van der Waals surface area contributed by atoms with Crippen molar-refractivity contribution < 1.29 is 0 Å². The monoisotopic (exact) mass is 246 g/mol. The largest absolute Gasteiger partial charge is 0.372 e. The van der Waals surface area contributed by atoms with E-state index in [9.17, 15) is 0 Å². The summed E-state index contributed by atoms with van der Waals surface area (Å²) in [6, 6.07) is 7.69. The standard InChI is InChI=1S/C16H26N2/c1-4-10-18(5-2)16-9-6-14(11-13(16)3)12-17-15-7-8-15/h6,9,11,15,17H,4-5,7-8,10,12H2,1-3H3. The first kappa shape index (κ1) is 13.4. The van der Waals surface area contributed by atoms with Crippen molar-refractivity contribution >= 4 is 5.69 Å². The summed E-state index contributed by atoms with van der Waals surface area (Å²) in [4.78, 5) is 2.47. The minimum Gasteiger partial charge on any atom is -0.372 e. The number of aryl methyl sites for hydroxylation is 1. The zero-order chi connectivity index (χ0) is 13.0. The molecule has 0 heterocycles. The third-order valence-corrected chi connectivity index (χ3v) is 3.65. The molecule has 2 rings (SSSR count). The maximum atomic E-state index is 3.57. The van der Waals surface area contributed by atoms with Gasteiger partial charge in [0.25, 0.3) is 0 Å². The number of benzene rings is 1. The quantitative estimate of drug-likeness (QED) is 0.792. The van der Waals surface area contributed by atoms with Crippen molar-refractivity contribution in [2.75, 3.05) is 18.0 Å². The molecular formula is C16H26N2. The second kappa shape index (κ2) is 6.24. The first-order valence-electron chi connectivity index (χ1n) is 7.32. The molecule has 1 aliphatic carbocycles. The Morgan fingerprint density at radius 2 is 2.06 bits per heavy atom. The van der Waals surface area contributed by atoms with Crippen LogP contribution < -0.4 is 10.2 Å². The van der Waals surface area contributed by atoms with Crippen LogP contribution in [0.5, 0.6) is 0 Å². The third-order valence-electron chi connectivity index (χ3n) is 3.65. The number of nitrogens with zero attached hydrogens (tertiary/aromatic N) is 1. The van der Waals surface area contributed by atoms with E-state index in [0.717, 1.165) is 25.7 Å². The maximum absolute atomic E-state index is 3.57. The normalized spacial score (nSPS) is 14.8. The summed E-state index contributed by atoms with van der Waals surface area (Å²) in [6.07, 6.45) is 3.92. The summed E-state index contributed by atoms with van der Waals surface area (Å²) in [5, 5.41) is 3.57. The van der Waals surface area contributed by atoms with E-state index in [0.29, 0.717) is 0 Å². The van der Waals surface area contributed by atoms with Crippen LogP contribution in [0.25, 0.3) is 0 Å². The van der Waals surface area contributed by atoms with Crippen molar-refractivity contribution in [2.24, 2.45) is 0 Å². The Morgan fingerprint density at radius 1 is 1.28 bits per heavy atom. The number of nitrogens with one attached hydrogen (secondary N) is 1. The Kier molecular flexibility index (Phi) is 4.65. The lowest BCUT2D eigenvalue weighted by Gasteiger charge is -2.24. The van der Waals surface area contributed by atoms with E-state index in [1.54, 1.807) is 0 Å². The lowest BCUT2D eigenvalue weighted by molar-refractivity contribution is 0.687. The molecule has 1 fully saturated rings. The molecule has 0 atom stereocenters. The topological polar surface area (TPSA) is 15.3 Å². The molecular weight excluding hydrogens is 220 g/mol. The molecule has 100 valence electrons. The Balaban J connectivity index is 2.02. The molecule has 0 unspecified atom stereocenters. The van der Waals surface area contributed by atoms with Crippen LogP contribution in [-0.4, -0.2) is 19.1 Å². The van der Waals surface area contributed by atoms with Crippen LogP contribution >= 0.6 is 0 Å². The highest BCUT2D eigenvalue weighted by Gasteiger charge is 2.20. The van der Waals surface area contributed by atoms with Crippen molar-refractivity contribution in [1.82, 2.24) is 5.32 Å². The molecule has 0 aliphatic heterocycles. The van der Waals surface area contributed by atoms with Gasteiger partial charge in [-0.05, 0) is 50.3 Å². The number of anilines is 1. The molecule has 1 aromatic rings. The average Bonchev–Trinajstić information content (AvgIpc) is 3.18. The second-order valence-corrected chi connectivity index (χ2v) is 5.36. The van der Waals surface area contributed by atoms with Gasteiger partial charge in [-0.3, -0.25) is 0 Å². The highest BCUT2D eigenvalue weighted by atomic mass is 15.1. The van der Waals surface area contributed by atoms with Crippen molar-refractivity contribution in [3.05, 3.63) is 29.3 Å². The predicted molar refractivity (Wildman–Crippen MR) is 79.2 cm³/mol. The van der Waals surface area contributed by atoms with Gasteiger partial charge in [-0.25, -0.2) is 0 Å². The van der Waals surface area contributed by atoms with Crippen LogP contribution in [0, 0.1) is 6.92 Å². The van der Waals surface area contributed by atoms with Crippen LogP contribution in [0.1, 0.15) is 44.2 Å². The van der Waals surface area contributed by atoms with E-state index in [2.05, 4.69) is 49.2 Å². The Bertz CT molecular complexity index is 383. The molecule has 0 spiro atoms. The van der Waals surface area contributed by atoms with Gasteiger partial charge in [0.15, 0.2) is 0 Å². The summed E-state index contributed by atoms with van der Waals surface area (Å²) >= 11 is 0. The van der Waals surface area contributed by atoms with Crippen LogP contribution in [0.2, 0.25) is 0 Å². The van der Waals surface area contributed by atoms with Crippen LogP contribution in [0.3, 0.4) is 0 Å². The molecule has 0 amide bonds. The molecule has 0 bridgehead atoms. The van der Waals surface area contributed by atoms with E-state index in [-0.39, 0.29) is 0 Å². The fourth-order valence-electron chi connectivity index (χ4n) is 2.45. The molecule has 1 saturated carbocycles. The van der Waals surface area contributed by atoms with Gasteiger partial charge < -0.3 is 10.2 Å². The predicted octanol–water partition coefficient (Wildman–Crippen LogP) is 3.48. The molecule has 1 aliphatic rings. The average molecular weight is 246 g/mol. The second-order valence-electron chi connectivity index (χ2n) is 5.36. The van der Waals surface area contributed by atoms with Gasteiger partial charge in [0.05, 0.1) is 0 Å². The van der Waals surface area contributed by atoms with E-state index in [1.807, 2.05) is 0 Å². The Hall–Kier alpha value is -1.02. The number of hydrogen-bond donors (Lipinski definition) is 1. The van der Waals surface area contributed by atoms with Gasteiger partial charge in [0.2, 0.25) is 0 Å². The van der Waals surface area contributed by atoms with Crippen LogP contribution in [-0.2, 0) is 6.54 Å². The van der Waals surface area contributed by atoms with Crippen LogP contribution in [0.15, 0.2) is 18.2 Å². The van der Waals surface area contributed by atoms with Crippen molar-refractivity contribution in [1.29, 1.82) is 0 Å². The van der Waals surface area contributed by atoms with Crippen molar-refractivity contribution in [3.8, 4) is 0 Å². The molecule has 18 heavy (non-hydrogen) atoms. The molecule has 0 saturated heterocycles. The summed E-state index contributed by atoms with van der Waals surface area (Å²) < 4.78 is 0. The van der Waals surface area contributed by atoms with Gasteiger partial charge in [-0.1, -0.05) is 19.1 Å². The summed E-state index contributed by atoms with van der Waals surface area (Å²) in [5.41, 5.74) is 4.21. The SMILES string of the molecule is CCCN(CC)c1ccc(CNC2CC2)cc1C. The van der Waals surface area contributed by atoms with Gasteiger partial charge >= 0.3 is 0 Å². The van der Waals surface area contributed by atoms with E-state index in [1.165, 1.54) is 36.1 Å². The van der Waals surface area contributed by atoms with Gasteiger partial charge in [0, 0.05) is 31.4 Å². The summed E-state index contributed by atoms with van der Waals surface area (Å²) in [7, 11) is 0. The molecule has 1 N–H and O–H groups in total. The number of hydrogen-bond acceptors (Lipinski definition) is 2. The number of rotatable bonds is 7. The highest BCUT2D eigenvalue weighted by molar-refractivity contribution is 5.54. The summed E-state index contributed by atoms with van der Waals surface area (Å²) in [6.45, 7) is 9.97. The molecule has 0 radical (unpaired) electrons. The van der Waals surface area contributed by atoms with Gasteiger partial charge in [-0.15, -0.1) is 0 Å². The first-order valence-corrected chi connectivity index (χ1v) is 7.32. The third kappa shape index (κ3) is 3.49. The van der Waals surface area contributed by atoms with Crippen LogP contribution in [0.4, 0.5) is 5.69 Å². The zero-order valence-corrected chi connectivity index (χ0v) is 12.0. The lowest BCUT2D eigenvalue weighted by Crippen LogP contribution is -2.24. The van der Waals surface area contributed by atoms with Crippen molar-refractivity contribution in [3.63, 3.8) is 0 Å². The fraction of sp³-hybridized carbons (Fsp3) is 0.625. The van der Waals surface area contributed by atoms with E-state index >= 15 is 0 Å². The van der Waals surface area contributed by atoms with Gasteiger partial charge in [-0.2, -0.15) is 0 Å². The Labute approximate surface area is 111 Å². The highest BCUT2D eigenvalue weighted by Crippen LogP contribution is 2.23. The summed E-state index contributed by atoms with van der Waals surface area (Å²) in [5.74, 6) is 0. The fourth-order valence-corrected chi connectivity index (χ4v) is 2.45. The lowest BCUT2D eigenvalue weighted by atomic mass is 10.1. The molecule has 2 heteroatoms. The minimum absolute atomic E-state index is 0.789. The van der Waals surface area contributed by atoms with E-state index in [4.69, 9.17) is 0 Å². The van der Waals surface area contributed by atoms with E-state index < -0.39 is 0 Å². The Morgan fingerprint density at radius 3 is 2.61 bits per heavy atom. The molecule has 0 aromatic heterocycles. The minimum atomic E-state index is 0.789. The maximum Gasteiger partial charge on any atom is 0.0396 e. The van der Waals surface area contributed by atoms with Crippen molar-refractivity contribution in [2.45, 2.75) is 52.6 Å². The molecule has 2 nitrogen and oxygen atoms in total. The molecule has 1 aromatic carbocycles. The smallest absolute Gasteiger partial charge is 0.0396 e. The van der Waals surface area contributed by atoms with Gasteiger partial charge in [0.1, 0.15) is 0 Å². The first-order chi connectivity index (χ1) is 8.74. The zero-order valence-electron chi connectivity index (χ0n) is 12.0.